The molecule has 0 aliphatic carbocycles. The highest BCUT2D eigenvalue weighted by Gasteiger charge is 2.35. The molecule has 2 aromatic rings. The number of aromatic nitrogens is 2. The molecule has 8 nitrogen and oxygen atoms in total. The lowest BCUT2D eigenvalue weighted by Gasteiger charge is -2.35. The molecule has 0 atom stereocenters. The second kappa shape index (κ2) is 7.48. The Labute approximate surface area is 170 Å². The Kier molecular flexibility index (Phi) is 5.03. The van der Waals surface area contributed by atoms with E-state index in [1.807, 2.05) is 0 Å². The van der Waals surface area contributed by atoms with Crippen LogP contribution in [0, 0.1) is 0 Å². The van der Waals surface area contributed by atoms with Gasteiger partial charge in [-0.05, 0) is 28.1 Å². The van der Waals surface area contributed by atoms with Crippen LogP contribution in [0.25, 0.3) is 0 Å². The van der Waals surface area contributed by atoms with Crippen LogP contribution in [0.15, 0.2) is 34.9 Å². The molecule has 3 heterocycles. The molecule has 0 saturated carbocycles. The summed E-state index contributed by atoms with van der Waals surface area (Å²) in [6, 6.07) is 6.92. The topological polar surface area (TPSA) is 78.8 Å². The van der Waals surface area contributed by atoms with Gasteiger partial charge in [0.15, 0.2) is 5.69 Å². The van der Waals surface area contributed by atoms with Gasteiger partial charge in [0.2, 0.25) is 0 Å². The fourth-order valence-electron chi connectivity index (χ4n) is 3.61. The first-order valence-corrected chi connectivity index (χ1v) is 9.91. The van der Waals surface area contributed by atoms with Gasteiger partial charge >= 0.3 is 0 Å². The molecule has 0 bridgehead atoms. The summed E-state index contributed by atoms with van der Waals surface area (Å²) in [5.41, 5.74) is 1.37. The van der Waals surface area contributed by atoms with Crippen molar-refractivity contribution in [2.75, 3.05) is 39.3 Å². The number of benzene rings is 1. The van der Waals surface area contributed by atoms with Gasteiger partial charge < -0.3 is 4.90 Å². The van der Waals surface area contributed by atoms with Crippen molar-refractivity contribution in [2.45, 2.75) is 0 Å². The van der Waals surface area contributed by atoms with Crippen LogP contribution in [-0.4, -0.2) is 81.5 Å². The molecule has 1 aromatic heterocycles. The number of carbonyl (C=O) groups is 3. The number of nitrogens with zero attached hydrogens (tertiary/aromatic N) is 5. The van der Waals surface area contributed by atoms with E-state index in [-0.39, 0.29) is 17.7 Å². The molecule has 4 rings (SSSR count). The lowest BCUT2D eigenvalue weighted by molar-refractivity contribution is 0.0574. The van der Waals surface area contributed by atoms with Crippen LogP contribution in [-0.2, 0) is 7.05 Å². The zero-order chi connectivity index (χ0) is 19.8. The van der Waals surface area contributed by atoms with Gasteiger partial charge in [-0.1, -0.05) is 12.1 Å². The van der Waals surface area contributed by atoms with Crippen molar-refractivity contribution in [3.63, 3.8) is 0 Å². The van der Waals surface area contributed by atoms with Gasteiger partial charge in [0.05, 0.1) is 15.6 Å². The summed E-state index contributed by atoms with van der Waals surface area (Å²) in [6.07, 6.45) is 1.76. The molecule has 0 unspecified atom stereocenters. The Hall–Kier alpha value is -2.52. The Balaban J connectivity index is 1.31. The maximum Gasteiger partial charge on any atom is 0.275 e. The maximum atomic E-state index is 12.6. The zero-order valence-corrected chi connectivity index (χ0v) is 17.1. The third kappa shape index (κ3) is 3.35. The molecule has 1 saturated heterocycles. The fourth-order valence-corrected chi connectivity index (χ4v) is 4.16. The molecule has 1 fully saturated rings. The number of aryl methyl sites for hydroxylation is 1. The molecule has 146 valence electrons. The van der Waals surface area contributed by atoms with E-state index >= 15 is 0 Å². The molecule has 2 aliphatic rings. The predicted octanol–water partition coefficient (Wildman–Crippen LogP) is 1.24. The monoisotopic (exact) mass is 445 g/mol. The van der Waals surface area contributed by atoms with Crippen molar-refractivity contribution < 1.29 is 14.4 Å². The summed E-state index contributed by atoms with van der Waals surface area (Å²) < 4.78 is 2.29. The largest absolute Gasteiger partial charge is 0.335 e. The number of halogens is 1. The highest BCUT2D eigenvalue weighted by atomic mass is 79.9. The second-order valence-electron chi connectivity index (χ2n) is 6.94. The molecular weight excluding hydrogens is 426 g/mol. The average Bonchev–Trinajstić information content (AvgIpc) is 3.16. The van der Waals surface area contributed by atoms with Crippen molar-refractivity contribution in [3.8, 4) is 0 Å². The Morgan fingerprint density at radius 1 is 1.04 bits per heavy atom. The summed E-state index contributed by atoms with van der Waals surface area (Å²) in [5, 5.41) is 4.21. The van der Waals surface area contributed by atoms with Gasteiger partial charge in [-0.3, -0.25) is 28.9 Å². The lowest BCUT2D eigenvalue weighted by Crippen LogP contribution is -2.50. The minimum atomic E-state index is -0.227. The summed E-state index contributed by atoms with van der Waals surface area (Å²) in [4.78, 5) is 42.8. The lowest BCUT2D eigenvalue weighted by atomic mass is 10.1. The van der Waals surface area contributed by atoms with Crippen molar-refractivity contribution in [1.29, 1.82) is 0 Å². The third-order valence-electron chi connectivity index (χ3n) is 5.16. The summed E-state index contributed by atoms with van der Waals surface area (Å²) >= 11 is 3.37. The van der Waals surface area contributed by atoms with Crippen LogP contribution in [0.5, 0.6) is 0 Å². The second-order valence-corrected chi connectivity index (χ2v) is 7.80. The zero-order valence-electron chi connectivity index (χ0n) is 15.5. The molecule has 0 spiro atoms. The minimum absolute atomic E-state index is 0.0903. The van der Waals surface area contributed by atoms with E-state index in [1.165, 1.54) is 4.90 Å². The van der Waals surface area contributed by atoms with E-state index in [0.717, 1.165) is 0 Å². The van der Waals surface area contributed by atoms with Crippen molar-refractivity contribution >= 4 is 33.7 Å². The first-order valence-electron chi connectivity index (χ1n) is 9.11. The van der Waals surface area contributed by atoms with Gasteiger partial charge in [-0.2, -0.15) is 5.10 Å². The van der Waals surface area contributed by atoms with Crippen molar-refractivity contribution in [1.82, 2.24) is 24.5 Å². The molecular formula is C19H20BrN5O3. The quantitative estimate of drug-likeness (QED) is 0.661. The molecule has 1 aromatic carbocycles. The highest BCUT2D eigenvalue weighted by molar-refractivity contribution is 9.10. The average molecular weight is 446 g/mol. The van der Waals surface area contributed by atoms with E-state index in [9.17, 15) is 14.4 Å². The molecule has 0 N–H and O–H groups in total. The number of carbonyl (C=O) groups excluding carboxylic acids is 3. The van der Waals surface area contributed by atoms with E-state index in [1.54, 1.807) is 47.1 Å². The summed E-state index contributed by atoms with van der Waals surface area (Å²) in [5.74, 6) is -0.545. The van der Waals surface area contributed by atoms with Gasteiger partial charge in [0.25, 0.3) is 17.7 Å². The van der Waals surface area contributed by atoms with Gasteiger partial charge in [-0.25, -0.2) is 0 Å². The summed E-state index contributed by atoms with van der Waals surface area (Å²) in [7, 11) is 1.78. The van der Waals surface area contributed by atoms with Crippen LogP contribution in [0.3, 0.4) is 0 Å². The van der Waals surface area contributed by atoms with Gasteiger partial charge in [-0.15, -0.1) is 0 Å². The fraction of sp³-hybridized carbons (Fsp3) is 0.368. The molecule has 28 heavy (non-hydrogen) atoms. The molecule has 2 aliphatic heterocycles. The minimum Gasteiger partial charge on any atom is -0.335 e. The molecule has 9 heteroatoms. The van der Waals surface area contributed by atoms with Crippen LogP contribution in [0.1, 0.15) is 31.2 Å². The number of piperazine rings is 1. The number of hydrogen-bond acceptors (Lipinski definition) is 5. The maximum absolute atomic E-state index is 12.6. The van der Waals surface area contributed by atoms with Crippen LogP contribution in [0.2, 0.25) is 0 Å². The Bertz CT molecular complexity index is 914. The molecule has 3 amide bonds. The first kappa shape index (κ1) is 18.8. The predicted molar refractivity (Wildman–Crippen MR) is 105 cm³/mol. The Morgan fingerprint density at radius 3 is 2.18 bits per heavy atom. The van der Waals surface area contributed by atoms with E-state index in [0.29, 0.717) is 60.6 Å². The van der Waals surface area contributed by atoms with Crippen LogP contribution >= 0.6 is 15.9 Å². The SMILES string of the molecule is Cn1cc(Br)c(C(=O)N2CCN(CCN3C(=O)c4ccccc4C3=O)CC2)n1. The number of amides is 3. The van der Waals surface area contributed by atoms with Crippen LogP contribution < -0.4 is 0 Å². The van der Waals surface area contributed by atoms with Crippen LogP contribution in [0.4, 0.5) is 0 Å². The normalized spacial score (nSPS) is 17.4. The standard InChI is InChI=1S/C19H20BrN5O3/c1-22-12-15(20)16(21-22)19(28)24-9-6-23(7-10-24)8-11-25-17(26)13-4-2-3-5-14(13)18(25)27/h2-5,12H,6-11H2,1H3. The number of fused-ring (bicyclic) bond motifs is 1. The number of rotatable bonds is 4. The van der Waals surface area contributed by atoms with Crippen molar-refractivity contribution in [3.05, 3.63) is 51.8 Å². The first-order chi connectivity index (χ1) is 13.5. The van der Waals surface area contributed by atoms with Gasteiger partial charge in [0, 0.05) is 52.5 Å². The number of hydrogen-bond donors (Lipinski definition) is 0. The van der Waals surface area contributed by atoms with Gasteiger partial charge in [0.1, 0.15) is 0 Å². The number of imide groups is 1. The Morgan fingerprint density at radius 2 is 1.64 bits per heavy atom. The van der Waals surface area contributed by atoms with Crippen molar-refractivity contribution in [2.24, 2.45) is 7.05 Å². The van der Waals surface area contributed by atoms with E-state index in [2.05, 4.69) is 25.9 Å². The smallest absolute Gasteiger partial charge is 0.275 e. The third-order valence-corrected chi connectivity index (χ3v) is 5.74. The highest BCUT2D eigenvalue weighted by Crippen LogP contribution is 2.22. The molecule has 0 radical (unpaired) electrons. The van der Waals surface area contributed by atoms with E-state index in [4.69, 9.17) is 0 Å². The summed E-state index contributed by atoms with van der Waals surface area (Å²) in [6.45, 7) is 3.51. The van der Waals surface area contributed by atoms with E-state index < -0.39 is 0 Å².